The van der Waals surface area contributed by atoms with Gasteiger partial charge in [-0.25, -0.2) is 0 Å². The summed E-state index contributed by atoms with van der Waals surface area (Å²) in [5.41, 5.74) is 3.94. The molecular weight excluding hydrogens is 342 g/mol. The molecule has 2 aromatic carbocycles. The van der Waals surface area contributed by atoms with Gasteiger partial charge in [0.2, 0.25) is 11.8 Å². The van der Waals surface area contributed by atoms with Crippen LogP contribution in [-0.4, -0.2) is 59.7 Å². The fourth-order valence-corrected chi connectivity index (χ4v) is 3.61. The standard InChI is InChI=1S/C21H21N3O3/c1-14-2-4-15(5-3-14)16-6-8-17(9-7-16)21(27)23-10-11-24-18(13-23)20(26)22-12-19(24)25/h2-9,18H,10-13H2,1H3,(H,22,26). The molecular formula is C21H21N3O3. The second-order valence-electron chi connectivity index (χ2n) is 7.02. The van der Waals surface area contributed by atoms with Crippen LogP contribution in [0.25, 0.3) is 11.1 Å². The van der Waals surface area contributed by atoms with Gasteiger partial charge in [-0.1, -0.05) is 42.0 Å². The van der Waals surface area contributed by atoms with Crippen molar-refractivity contribution in [1.29, 1.82) is 0 Å². The van der Waals surface area contributed by atoms with Crippen molar-refractivity contribution in [1.82, 2.24) is 15.1 Å². The molecule has 4 rings (SSSR count). The van der Waals surface area contributed by atoms with Crippen LogP contribution >= 0.6 is 0 Å². The minimum absolute atomic E-state index is 0.0454. The van der Waals surface area contributed by atoms with E-state index in [9.17, 15) is 14.4 Å². The van der Waals surface area contributed by atoms with Crippen LogP contribution in [0.5, 0.6) is 0 Å². The molecule has 6 nitrogen and oxygen atoms in total. The van der Waals surface area contributed by atoms with Crippen LogP contribution in [-0.2, 0) is 9.59 Å². The van der Waals surface area contributed by atoms with E-state index >= 15 is 0 Å². The molecule has 1 N–H and O–H groups in total. The molecule has 0 aromatic heterocycles. The van der Waals surface area contributed by atoms with Gasteiger partial charge in [0.1, 0.15) is 6.04 Å². The minimum atomic E-state index is -0.587. The first-order chi connectivity index (χ1) is 13.0. The lowest BCUT2D eigenvalue weighted by atomic mass is 10.0. The van der Waals surface area contributed by atoms with Crippen LogP contribution in [0.3, 0.4) is 0 Å². The maximum Gasteiger partial charge on any atom is 0.253 e. The highest BCUT2D eigenvalue weighted by Crippen LogP contribution is 2.22. The number of amides is 3. The summed E-state index contributed by atoms with van der Waals surface area (Å²) in [6.45, 7) is 3.16. The molecule has 0 radical (unpaired) electrons. The Morgan fingerprint density at radius 2 is 1.59 bits per heavy atom. The summed E-state index contributed by atoms with van der Waals surface area (Å²) in [6, 6.07) is 15.2. The first-order valence-corrected chi connectivity index (χ1v) is 9.06. The van der Waals surface area contributed by atoms with Gasteiger partial charge in [-0.15, -0.1) is 0 Å². The molecule has 6 heteroatoms. The maximum absolute atomic E-state index is 12.8. The Bertz CT molecular complexity index is 890. The van der Waals surface area contributed by atoms with Crippen LogP contribution in [0.4, 0.5) is 0 Å². The van der Waals surface area contributed by atoms with Crippen LogP contribution < -0.4 is 5.32 Å². The minimum Gasteiger partial charge on any atom is -0.345 e. The highest BCUT2D eigenvalue weighted by atomic mass is 16.2. The Morgan fingerprint density at radius 1 is 0.963 bits per heavy atom. The zero-order valence-electron chi connectivity index (χ0n) is 15.1. The van der Waals surface area contributed by atoms with Gasteiger partial charge < -0.3 is 15.1 Å². The van der Waals surface area contributed by atoms with E-state index in [1.165, 1.54) is 5.56 Å². The Kier molecular flexibility index (Phi) is 4.39. The van der Waals surface area contributed by atoms with Crippen molar-refractivity contribution in [2.24, 2.45) is 0 Å². The Balaban J connectivity index is 1.49. The first-order valence-electron chi connectivity index (χ1n) is 9.06. The van der Waals surface area contributed by atoms with E-state index in [0.29, 0.717) is 18.7 Å². The lowest BCUT2D eigenvalue weighted by Crippen LogP contribution is -2.66. The smallest absolute Gasteiger partial charge is 0.253 e. The van der Waals surface area contributed by atoms with Crippen LogP contribution in [0.15, 0.2) is 48.5 Å². The molecule has 1 unspecified atom stereocenters. The number of rotatable bonds is 2. The lowest BCUT2D eigenvalue weighted by Gasteiger charge is -2.42. The third kappa shape index (κ3) is 3.30. The second-order valence-corrected chi connectivity index (χ2v) is 7.02. The van der Waals surface area contributed by atoms with E-state index in [2.05, 4.69) is 29.6 Å². The SMILES string of the molecule is Cc1ccc(-c2ccc(C(=O)N3CCN4C(=O)CNC(=O)C4C3)cc2)cc1. The molecule has 0 spiro atoms. The zero-order chi connectivity index (χ0) is 19.0. The number of aryl methyl sites for hydroxylation is 1. The third-order valence-electron chi connectivity index (χ3n) is 5.22. The van der Waals surface area contributed by atoms with Crippen LogP contribution in [0.2, 0.25) is 0 Å². The summed E-state index contributed by atoms with van der Waals surface area (Å²) in [4.78, 5) is 40.1. The van der Waals surface area contributed by atoms with E-state index < -0.39 is 6.04 Å². The number of fused-ring (bicyclic) bond motifs is 1. The molecule has 2 aliphatic heterocycles. The second kappa shape index (κ2) is 6.87. The van der Waals surface area contributed by atoms with Crippen LogP contribution in [0, 0.1) is 6.92 Å². The van der Waals surface area contributed by atoms with Crippen LogP contribution in [0.1, 0.15) is 15.9 Å². The largest absolute Gasteiger partial charge is 0.345 e. The highest BCUT2D eigenvalue weighted by molar-refractivity contribution is 5.98. The van der Waals surface area contributed by atoms with Crippen molar-refractivity contribution >= 4 is 17.7 Å². The zero-order valence-corrected chi connectivity index (χ0v) is 15.1. The van der Waals surface area contributed by atoms with Gasteiger partial charge in [0.25, 0.3) is 5.91 Å². The van der Waals surface area contributed by atoms with Gasteiger partial charge in [-0.2, -0.15) is 0 Å². The number of nitrogens with zero attached hydrogens (tertiary/aromatic N) is 2. The summed E-state index contributed by atoms with van der Waals surface area (Å²) in [7, 11) is 0. The third-order valence-corrected chi connectivity index (χ3v) is 5.22. The summed E-state index contributed by atoms with van der Waals surface area (Å²) in [5.74, 6) is -0.396. The topological polar surface area (TPSA) is 69.7 Å². The molecule has 0 aliphatic carbocycles. The summed E-state index contributed by atoms with van der Waals surface area (Å²) in [5, 5.41) is 2.59. The molecule has 2 heterocycles. The molecule has 0 bridgehead atoms. The number of hydrogen-bond donors (Lipinski definition) is 1. The van der Waals surface area contributed by atoms with Crippen molar-refractivity contribution < 1.29 is 14.4 Å². The first kappa shape index (κ1) is 17.3. The van der Waals surface area contributed by atoms with E-state index in [4.69, 9.17) is 0 Å². The van der Waals surface area contributed by atoms with Gasteiger partial charge in [0.05, 0.1) is 13.1 Å². The molecule has 2 aliphatic rings. The molecule has 2 fully saturated rings. The molecule has 27 heavy (non-hydrogen) atoms. The molecule has 2 saturated heterocycles. The monoisotopic (exact) mass is 363 g/mol. The number of nitrogens with one attached hydrogen (secondary N) is 1. The molecule has 2 aromatic rings. The molecule has 3 amide bonds. The van der Waals surface area contributed by atoms with Crippen molar-refractivity contribution in [3.05, 3.63) is 59.7 Å². The predicted molar refractivity (Wildman–Crippen MR) is 101 cm³/mol. The summed E-state index contributed by atoms with van der Waals surface area (Å²) < 4.78 is 0. The van der Waals surface area contributed by atoms with Crippen molar-refractivity contribution in [2.45, 2.75) is 13.0 Å². The Labute approximate surface area is 157 Å². The van der Waals surface area contributed by atoms with Gasteiger partial charge in [0.15, 0.2) is 0 Å². The van der Waals surface area contributed by atoms with E-state index in [1.807, 2.05) is 31.2 Å². The van der Waals surface area contributed by atoms with Gasteiger partial charge >= 0.3 is 0 Å². The highest BCUT2D eigenvalue weighted by Gasteiger charge is 2.39. The maximum atomic E-state index is 12.8. The number of carbonyl (C=O) groups excluding carboxylic acids is 3. The van der Waals surface area contributed by atoms with Crippen molar-refractivity contribution in [2.75, 3.05) is 26.2 Å². The summed E-state index contributed by atoms with van der Waals surface area (Å²) >= 11 is 0. The van der Waals surface area contributed by atoms with Gasteiger partial charge in [-0.05, 0) is 30.2 Å². The quantitative estimate of drug-likeness (QED) is 0.878. The van der Waals surface area contributed by atoms with Gasteiger partial charge in [-0.3, -0.25) is 14.4 Å². The Morgan fingerprint density at radius 3 is 2.26 bits per heavy atom. The van der Waals surface area contributed by atoms with Crippen molar-refractivity contribution in [3.63, 3.8) is 0 Å². The van der Waals surface area contributed by atoms with Crippen molar-refractivity contribution in [3.8, 4) is 11.1 Å². The fraction of sp³-hybridized carbons (Fsp3) is 0.286. The normalized spacial score (nSPS) is 19.5. The number of benzene rings is 2. The Hall–Kier alpha value is -3.15. The summed E-state index contributed by atoms with van der Waals surface area (Å²) in [6.07, 6.45) is 0. The van der Waals surface area contributed by atoms with E-state index in [1.54, 1.807) is 9.80 Å². The molecule has 0 saturated carbocycles. The molecule has 138 valence electrons. The fourth-order valence-electron chi connectivity index (χ4n) is 3.61. The molecule has 1 atom stereocenters. The number of hydrogen-bond acceptors (Lipinski definition) is 3. The lowest BCUT2D eigenvalue weighted by molar-refractivity contribution is -0.148. The van der Waals surface area contributed by atoms with E-state index in [-0.39, 0.29) is 30.8 Å². The average Bonchev–Trinajstić information content (AvgIpc) is 2.71. The van der Waals surface area contributed by atoms with E-state index in [0.717, 1.165) is 11.1 Å². The number of carbonyl (C=O) groups is 3. The average molecular weight is 363 g/mol. The van der Waals surface area contributed by atoms with Gasteiger partial charge in [0, 0.05) is 18.7 Å². The number of piperazine rings is 2. The predicted octanol–water partition coefficient (Wildman–Crippen LogP) is 1.44.